The second-order valence-corrected chi connectivity index (χ2v) is 9.23. The first-order chi connectivity index (χ1) is 18.9. The van der Waals surface area contributed by atoms with Crippen LogP contribution in [0, 0.1) is 18.8 Å². The van der Waals surface area contributed by atoms with E-state index in [0.29, 0.717) is 45.8 Å². The van der Waals surface area contributed by atoms with Crippen molar-refractivity contribution in [3.63, 3.8) is 0 Å². The van der Waals surface area contributed by atoms with Gasteiger partial charge in [-0.25, -0.2) is 9.50 Å². The Kier molecular flexibility index (Phi) is 7.26. The van der Waals surface area contributed by atoms with Gasteiger partial charge in [0.1, 0.15) is 11.7 Å². The van der Waals surface area contributed by atoms with Crippen LogP contribution in [0.5, 0.6) is 0 Å². The van der Waals surface area contributed by atoms with E-state index in [4.69, 9.17) is 4.74 Å². The Bertz CT molecular complexity index is 1790. The Balaban J connectivity index is 1.63. The normalized spacial score (nSPS) is 12.6. The Hall–Kier alpha value is -4.74. The fourth-order valence-electron chi connectivity index (χ4n) is 4.72. The first kappa shape index (κ1) is 25.9. The Morgan fingerprint density at radius 1 is 1.10 bits per heavy atom. The van der Waals surface area contributed by atoms with Crippen LogP contribution in [0.3, 0.4) is 0 Å². The smallest absolute Gasteiger partial charge is 0.264 e. The maximum Gasteiger partial charge on any atom is 0.264 e. The zero-order valence-corrected chi connectivity index (χ0v) is 22.3. The minimum atomic E-state index is -0.513. The van der Waals surface area contributed by atoms with Crippen molar-refractivity contribution in [2.45, 2.75) is 39.8 Å². The third-order valence-corrected chi connectivity index (χ3v) is 6.51. The van der Waals surface area contributed by atoms with Gasteiger partial charge in [0.25, 0.3) is 11.5 Å². The molecule has 1 unspecified atom stereocenters. The molecule has 5 aromatic rings. The van der Waals surface area contributed by atoms with Crippen LogP contribution in [0.2, 0.25) is 0 Å². The monoisotopic (exact) mass is 519 g/mol. The predicted octanol–water partition coefficient (Wildman–Crippen LogP) is 4.61. The molecule has 0 fully saturated rings. The molecule has 8 heteroatoms. The molecule has 2 atom stereocenters. The van der Waals surface area contributed by atoms with Crippen LogP contribution >= 0.6 is 0 Å². The molecule has 0 radical (unpaired) electrons. The van der Waals surface area contributed by atoms with Gasteiger partial charge in [-0.1, -0.05) is 42.2 Å². The number of nitrogens with one attached hydrogen (secondary N) is 1. The van der Waals surface area contributed by atoms with Crippen LogP contribution in [0.25, 0.3) is 22.1 Å². The van der Waals surface area contributed by atoms with Crippen molar-refractivity contribution in [3.05, 3.63) is 106 Å². The molecule has 8 nitrogen and oxygen atoms in total. The van der Waals surface area contributed by atoms with Crippen molar-refractivity contribution in [1.82, 2.24) is 24.5 Å². The zero-order valence-electron chi connectivity index (χ0n) is 22.3. The van der Waals surface area contributed by atoms with Gasteiger partial charge in [0.05, 0.1) is 17.1 Å². The summed E-state index contributed by atoms with van der Waals surface area (Å²) in [5.41, 5.74) is 3.20. The van der Waals surface area contributed by atoms with E-state index in [1.165, 1.54) is 0 Å². The highest BCUT2D eigenvalue weighted by Crippen LogP contribution is 2.24. The van der Waals surface area contributed by atoms with Crippen LogP contribution in [-0.4, -0.2) is 37.8 Å². The van der Waals surface area contributed by atoms with E-state index in [2.05, 4.69) is 27.2 Å². The molecule has 0 aliphatic rings. The van der Waals surface area contributed by atoms with Gasteiger partial charge in [-0.15, -0.1) is 0 Å². The topological polar surface area (TPSA) is 90.5 Å². The number of amides is 1. The van der Waals surface area contributed by atoms with Gasteiger partial charge in [-0.2, -0.15) is 5.10 Å². The summed E-state index contributed by atoms with van der Waals surface area (Å²) in [6, 6.07) is 18.2. The summed E-state index contributed by atoms with van der Waals surface area (Å²) >= 11 is 0. The highest BCUT2D eigenvalue weighted by molar-refractivity contribution is 6.01. The number of carbonyl (C=O) groups excluding carboxylic acids is 1. The number of pyridine rings is 1. The number of aromatic nitrogens is 4. The molecule has 0 saturated heterocycles. The van der Waals surface area contributed by atoms with Gasteiger partial charge < -0.3 is 10.1 Å². The predicted molar refractivity (Wildman–Crippen MR) is 151 cm³/mol. The molecule has 0 saturated carbocycles. The van der Waals surface area contributed by atoms with E-state index >= 15 is 0 Å². The van der Waals surface area contributed by atoms with E-state index in [1.807, 2.05) is 75.4 Å². The third-order valence-electron chi connectivity index (χ3n) is 6.51. The molecule has 1 amide bonds. The lowest BCUT2D eigenvalue weighted by Gasteiger charge is -2.21. The van der Waals surface area contributed by atoms with E-state index in [-0.39, 0.29) is 17.6 Å². The van der Waals surface area contributed by atoms with Gasteiger partial charge in [0.15, 0.2) is 5.65 Å². The molecule has 0 bridgehead atoms. The van der Waals surface area contributed by atoms with Gasteiger partial charge in [0, 0.05) is 35.9 Å². The average molecular weight is 520 g/mol. The highest BCUT2D eigenvalue weighted by Gasteiger charge is 2.23. The molecule has 3 aromatic heterocycles. The van der Waals surface area contributed by atoms with Crippen LogP contribution in [-0.2, 0) is 4.74 Å². The lowest BCUT2D eigenvalue weighted by Crippen LogP contribution is -2.32. The van der Waals surface area contributed by atoms with Crippen molar-refractivity contribution in [2.75, 3.05) is 6.61 Å². The fraction of sp³-hybridized carbons (Fsp3) is 0.226. The maximum absolute atomic E-state index is 14.1. The number of benzene rings is 2. The third kappa shape index (κ3) is 5.05. The Labute approximate surface area is 226 Å². The first-order valence-corrected chi connectivity index (χ1v) is 12.9. The van der Waals surface area contributed by atoms with Crippen molar-refractivity contribution < 1.29 is 9.53 Å². The Morgan fingerprint density at radius 3 is 2.67 bits per heavy atom. The molecule has 0 aliphatic carbocycles. The summed E-state index contributed by atoms with van der Waals surface area (Å²) < 4.78 is 8.77. The van der Waals surface area contributed by atoms with Crippen LogP contribution in [0.4, 0.5) is 0 Å². The lowest BCUT2D eigenvalue weighted by molar-refractivity contribution is 0.0939. The molecule has 0 spiro atoms. The van der Waals surface area contributed by atoms with E-state index < -0.39 is 6.04 Å². The van der Waals surface area contributed by atoms with Crippen LogP contribution in [0.1, 0.15) is 54.1 Å². The Morgan fingerprint density at radius 2 is 1.90 bits per heavy atom. The SMILES string of the molecule is CCOC(C)C#Cc1cccc2cc([C@@H](C)NC(=O)c3c(C)nn4cccnc34)n(-c3ccccc3)c(=O)c12. The number of ether oxygens (including phenoxy) is 1. The zero-order chi connectivity index (χ0) is 27.5. The van der Waals surface area contributed by atoms with Crippen LogP contribution in [0.15, 0.2) is 77.9 Å². The number of nitrogens with zero attached hydrogens (tertiary/aromatic N) is 4. The fourth-order valence-corrected chi connectivity index (χ4v) is 4.72. The minimum absolute atomic E-state index is 0.211. The second-order valence-electron chi connectivity index (χ2n) is 9.23. The highest BCUT2D eigenvalue weighted by atomic mass is 16.5. The standard InChI is InChI=1S/C31H29N5O3/c1-5-39-20(2)15-16-23-11-9-12-24-19-26(36(31(38)28(23)24)25-13-7-6-8-14-25)21(3)33-30(37)27-22(4)34-35-18-10-17-32-29(27)35/h6-14,17-21H,5H2,1-4H3,(H,33,37)/t20?,21-/m1/s1. The number of carbonyl (C=O) groups is 1. The lowest BCUT2D eigenvalue weighted by atomic mass is 10.0. The maximum atomic E-state index is 14.1. The second kappa shape index (κ2) is 10.9. The van der Waals surface area contributed by atoms with E-state index in [1.54, 1.807) is 34.5 Å². The molecule has 0 aliphatic heterocycles. The summed E-state index contributed by atoms with van der Waals surface area (Å²) in [4.78, 5) is 31.9. The van der Waals surface area contributed by atoms with E-state index in [0.717, 1.165) is 5.39 Å². The molecule has 1 N–H and O–H groups in total. The molecule has 3 heterocycles. The minimum Gasteiger partial charge on any atom is -0.366 e. The largest absolute Gasteiger partial charge is 0.366 e. The number of hydrogen-bond acceptors (Lipinski definition) is 5. The average Bonchev–Trinajstić information content (AvgIpc) is 3.28. The summed E-state index contributed by atoms with van der Waals surface area (Å²) in [6.07, 6.45) is 3.12. The number of aryl methyl sites for hydroxylation is 1. The van der Waals surface area contributed by atoms with Crippen LogP contribution < -0.4 is 10.9 Å². The van der Waals surface area contributed by atoms with Crippen molar-refractivity contribution >= 4 is 22.3 Å². The molecular formula is C31H29N5O3. The van der Waals surface area contributed by atoms with Gasteiger partial charge >= 0.3 is 0 Å². The molecule has 5 rings (SSSR count). The molecular weight excluding hydrogens is 490 g/mol. The van der Waals surface area contributed by atoms with Crippen molar-refractivity contribution in [2.24, 2.45) is 0 Å². The van der Waals surface area contributed by atoms with Crippen molar-refractivity contribution in [1.29, 1.82) is 0 Å². The van der Waals surface area contributed by atoms with Crippen molar-refractivity contribution in [3.8, 4) is 17.5 Å². The molecule has 2 aromatic carbocycles. The summed E-state index contributed by atoms with van der Waals surface area (Å²) in [6.45, 7) is 8.00. The first-order valence-electron chi connectivity index (χ1n) is 12.9. The number of para-hydroxylation sites is 1. The summed E-state index contributed by atoms with van der Waals surface area (Å²) in [7, 11) is 0. The quantitative estimate of drug-likeness (QED) is 0.331. The number of rotatable bonds is 6. The molecule has 196 valence electrons. The summed E-state index contributed by atoms with van der Waals surface area (Å²) in [5.74, 6) is 5.91. The molecule has 39 heavy (non-hydrogen) atoms. The van der Waals surface area contributed by atoms with Gasteiger partial charge in [-0.3, -0.25) is 14.2 Å². The van der Waals surface area contributed by atoms with E-state index in [9.17, 15) is 9.59 Å². The number of hydrogen-bond donors (Lipinski definition) is 1. The number of fused-ring (bicyclic) bond motifs is 2. The van der Waals surface area contributed by atoms with Gasteiger partial charge in [-0.05, 0) is 63.4 Å². The summed E-state index contributed by atoms with van der Waals surface area (Å²) in [5, 5.41) is 8.73. The van der Waals surface area contributed by atoms with Gasteiger partial charge in [0.2, 0.25) is 0 Å².